The number of ether oxygens (including phenoxy) is 1. The van der Waals surface area contributed by atoms with Gasteiger partial charge in [0, 0.05) is 29.1 Å². The van der Waals surface area contributed by atoms with Gasteiger partial charge in [-0.05, 0) is 42.7 Å². The van der Waals surface area contributed by atoms with Crippen LogP contribution in [0.3, 0.4) is 0 Å². The highest BCUT2D eigenvalue weighted by Gasteiger charge is 2.27. The van der Waals surface area contributed by atoms with Crippen molar-refractivity contribution in [2.24, 2.45) is 5.92 Å². The highest BCUT2D eigenvalue weighted by atomic mass is 32.1. The minimum absolute atomic E-state index is 0.00569. The van der Waals surface area contributed by atoms with E-state index >= 15 is 0 Å². The van der Waals surface area contributed by atoms with Crippen LogP contribution in [0.25, 0.3) is 11.3 Å². The number of nitrogen functional groups attached to an aromatic ring is 1. The molecule has 34 heavy (non-hydrogen) atoms. The summed E-state index contributed by atoms with van der Waals surface area (Å²) < 4.78 is 5.23. The van der Waals surface area contributed by atoms with E-state index in [0.29, 0.717) is 17.4 Å². The molecule has 1 aromatic heterocycles. The number of thiazole rings is 1. The number of hydrogen-bond acceptors (Lipinski definition) is 6. The van der Waals surface area contributed by atoms with Crippen LogP contribution >= 0.6 is 11.3 Å². The van der Waals surface area contributed by atoms with Crippen LogP contribution in [0.15, 0.2) is 53.9 Å². The molecule has 1 aliphatic carbocycles. The van der Waals surface area contributed by atoms with Crippen molar-refractivity contribution in [3.05, 3.63) is 59.5 Å². The lowest BCUT2D eigenvalue weighted by atomic mass is 9.88. The molecule has 2 aromatic carbocycles. The lowest BCUT2D eigenvalue weighted by molar-refractivity contribution is -0.139. The Kier molecular flexibility index (Phi) is 7.80. The molecule has 0 unspecified atom stereocenters. The van der Waals surface area contributed by atoms with E-state index in [0.717, 1.165) is 48.3 Å². The summed E-state index contributed by atoms with van der Waals surface area (Å²) in [6.45, 7) is 0.392. The molecule has 8 heteroatoms. The van der Waals surface area contributed by atoms with Gasteiger partial charge in [0.05, 0.1) is 12.8 Å². The number of benzene rings is 2. The molecule has 3 N–H and O–H groups in total. The van der Waals surface area contributed by atoms with Crippen LogP contribution in [-0.4, -0.2) is 35.4 Å². The zero-order valence-corrected chi connectivity index (χ0v) is 20.1. The number of carbonyl (C=O) groups excluding carboxylic acids is 2. The molecule has 0 atom stereocenters. The van der Waals surface area contributed by atoms with E-state index in [-0.39, 0.29) is 24.3 Å². The average molecular weight is 479 g/mol. The largest absolute Gasteiger partial charge is 0.497 e. The molecule has 0 radical (unpaired) electrons. The summed E-state index contributed by atoms with van der Waals surface area (Å²) in [6, 6.07) is 15.1. The Morgan fingerprint density at radius 3 is 2.41 bits per heavy atom. The van der Waals surface area contributed by atoms with E-state index in [2.05, 4.69) is 10.3 Å². The van der Waals surface area contributed by atoms with Gasteiger partial charge in [0.1, 0.15) is 12.3 Å². The molecule has 1 aliphatic rings. The highest BCUT2D eigenvalue weighted by molar-refractivity contribution is 7.13. The van der Waals surface area contributed by atoms with Gasteiger partial charge in [0.25, 0.3) is 0 Å². The van der Waals surface area contributed by atoms with Crippen molar-refractivity contribution in [3.63, 3.8) is 0 Å². The van der Waals surface area contributed by atoms with Crippen molar-refractivity contribution in [2.45, 2.75) is 38.6 Å². The number of rotatable bonds is 8. The van der Waals surface area contributed by atoms with Crippen LogP contribution in [0.5, 0.6) is 5.75 Å². The number of nitrogens with one attached hydrogen (secondary N) is 1. The Balaban J connectivity index is 1.43. The summed E-state index contributed by atoms with van der Waals surface area (Å²) in [5, 5.41) is 5.34. The van der Waals surface area contributed by atoms with Crippen molar-refractivity contribution >= 4 is 34.0 Å². The first-order valence-corrected chi connectivity index (χ1v) is 12.4. The van der Waals surface area contributed by atoms with Crippen molar-refractivity contribution in [3.8, 4) is 17.0 Å². The Morgan fingerprint density at radius 1 is 1.09 bits per heavy atom. The lowest BCUT2D eigenvalue weighted by Gasteiger charge is -2.29. The average Bonchev–Trinajstić information content (AvgIpc) is 3.31. The number of aromatic nitrogens is 1. The van der Waals surface area contributed by atoms with Gasteiger partial charge in [-0.25, -0.2) is 4.98 Å². The monoisotopic (exact) mass is 478 g/mol. The maximum absolute atomic E-state index is 13.3. The SMILES string of the molecule is COc1ccc(CN(CC(=O)Nc2ccc(-c3csc(N)n3)cc2)C(=O)C2CCCCC2)cc1. The number of carbonyl (C=O) groups is 2. The fourth-order valence-corrected chi connectivity index (χ4v) is 4.86. The topological polar surface area (TPSA) is 97.6 Å². The van der Waals surface area contributed by atoms with E-state index in [9.17, 15) is 9.59 Å². The third kappa shape index (κ3) is 6.14. The molecule has 0 bridgehead atoms. The Bertz CT molecular complexity index is 1110. The molecule has 178 valence electrons. The van der Waals surface area contributed by atoms with Crippen LogP contribution in [0.4, 0.5) is 10.8 Å². The fraction of sp³-hybridized carbons (Fsp3) is 0.346. The van der Waals surface area contributed by atoms with E-state index in [1.165, 1.54) is 17.8 Å². The number of amides is 2. The molecule has 3 aromatic rings. The van der Waals surface area contributed by atoms with Crippen molar-refractivity contribution in [1.29, 1.82) is 0 Å². The normalized spacial score (nSPS) is 13.9. The third-order valence-corrected chi connectivity index (χ3v) is 6.79. The van der Waals surface area contributed by atoms with Crippen LogP contribution < -0.4 is 15.8 Å². The van der Waals surface area contributed by atoms with Crippen molar-refractivity contribution in [1.82, 2.24) is 9.88 Å². The third-order valence-electron chi connectivity index (χ3n) is 6.12. The summed E-state index contributed by atoms with van der Waals surface area (Å²) in [4.78, 5) is 32.2. The van der Waals surface area contributed by atoms with E-state index < -0.39 is 0 Å². The second-order valence-electron chi connectivity index (χ2n) is 8.57. The first-order chi connectivity index (χ1) is 16.5. The zero-order chi connectivity index (χ0) is 23.9. The molecule has 2 amide bonds. The van der Waals surface area contributed by atoms with Gasteiger partial charge in [-0.15, -0.1) is 11.3 Å². The lowest BCUT2D eigenvalue weighted by Crippen LogP contribution is -2.41. The highest BCUT2D eigenvalue weighted by Crippen LogP contribution is 2.27. The number of anilines is 2. The number of nitrogens with zero attached hydrogens (tertiary/aromatic N) is 2. The first kappa shape index (κ1) is 23.8. The smallest absolute Gasteiger partial charge is 0.244 e. The van der Waals surface area contributed by atoms with Gasteiger partial charge in [-0.1, -0.05) is 43.5 Å². The van der Waals surface area contributed by atoms with E-state index in [1.54, 1.807) is 12.0 Å². The molecule has 1 heterocycles. The van der Waals surface area contributed by atoms with Crippen LogP contribution in [0.2, 0.25) is 0 Å². The second kappa shape index (κ2) is 11.2. The molecular weight excluding hydrogens is 448 g/mol. The van der Waals surface area contributed by atoms with Gasteiger partial charge in [-0.2, -0.15) is 0 Å². The zero-order valence-electron chi connectivity index (χ0n) is 19.3. The van der Waals surface area contributed by atoms with Crippen LogP contribution in [0, 0.1) is 5.92 Å². The molecule has 0 saturated heterocycles. The molecule has 4 rings (SSSR count). The van der Waals surface area contributed by atoms with E-state index in [4.69, 9.17) is 10.5 Å². The Morgan fingerprint density at radius 2 is 1.79 bits per heavy atom. The number of nitrogens with two attached hydrogens (primary N) is 1. The number of hydrogen-bond donors (Lipinski definition) is 2. The predicted octanol–water partition coefficient (Wildman–Crippen LogP) is 4.95. The molecule has 0 spiro atoms. The predicted molar refractivity (Wildman–Crippen MR) is 136 cm³/mol. The molecule has 1 fully saturated rings. The van der Waals surface area contributed by atoms with E-state index in [1.807, 2.05) is 53.9 Å². The van der Waals surface area contributed by atoms with Gasteiger partial charge in [0.2, 0.25) is 11.8 Å². The van der Waals surface area contributed by atoms with Gasteiger partial charge < -0.3 is 20.7 Å². The first-order valence-electron chi connectivity index (χ1n) is 11.5. The van der Waals surface area contributed by atoms with Crippen LogP contribution in [0.1, 0.15) is 37.7 Å². The maximum Gasteiger partial charge on any atom is 0.244 e. The van der Waals surface area contributed by atoms with Crippen molar-refractivity contribution < 1.29 is 14.3 Å². The summed E-state index contributed by atoms with van der Waals surface area (Å²) in [5.74, 6) is 0.588. The van der Waals surface area contributed by atoms with Crippen molar-refractivity contribution in [2.75, 3.05) is 24.7 Å². The Labute approximate surface area is 204 Å². The van der Waals surface area contributed by atoms with Gasteiger partial charge in [0.15, 0.2) is 5.13 Å². The number of methoxy groups -OCH3 is 1. The fourth-order valence-electron chi connectivity index (χ4n) is 4.29. The summed E-state index contributed by atoms with van der Waals surface area (Å²) in [5.41, 5.74) is 9.09. The summed E-state index contributed by atoms with van der Waals surface area (Å²) in [6.07, 6.45) is 5.09. The van der Waals surface area contributed by atoms with Gasteiger partial charge in [-0.3, -0.25) is 9.59 Å². The van der Waals surface area contributed by atoms with Crippen LogP contribution in [-0.2, 0) is 16.1 Å². The maximum atomic E-state index is 13.3. The molecule has 7 nitrogen and oxygen atoms in total. The summed E-state index contributed by atoms with van der Waals surface area (Å²) >= 11 is 1.39. The molecule has 1 saturated carbocycles. The quantitative estimate of drug-likeness (QED) is 0.477. The second-order valence-corrected chi connectivity index (χ2v) is 9.46. The molecular formula is C26H30N4O3S. The minimum atomic E-state index is -0.219. The summed E-state index contributed by atoms with van der Waals surface area (Å²) in [7, 11) is 1.62. The minimum Gasteiger partial charge on any atom is -0.497 e. The molecule has 0 aliphatic heterocycles. The standard InChI is InChI=1S/C26H30N4O3S/c1-33-22-13-7-18(8-14-22)15-30(25(32)20-5-3-2-4-6-20)16-24(31)28-21-11-9-19(10-12-21)23-17-34-26(27)29-23/h7-14,17,20H,2-6,15-16H2,1H3,(H2,27,29)(H,28,31). The van der Waals surface area contributed by atoms with Gasteiger partial charge >= 0.3 is 0 Å². The Hall–Kier alpha value is -3.39.